The average molecular weight is 468 g/mol. The molecule has 1 aliphatic rings. The van der Waals surface area contributed by atoms with Gasteiger partial charge in [-0.25, -0.2) is 13.4 Å². The minimum absolute atomic E-state index is 0.0828. The lowest BCUT2D eigenvalue weighted by atomic mass is 9.84. The van der Waals surface area contributed by atoms with E-state index in [4.69, 9.17) is 4.74 Å². The van der Waals surface area contributed by atoms with Crippen LogP contribution in [0.25, 0.3) is 22.3 Å². The maximum Gasteiger partial charge on any atom is 0.255 e. The Hall–Kier alpha value is -3.73. The van der Waals surface area contributed by atoms with Gasteiger partial charge in [0.05, 0.1) is 35.6 Å². The molecule has 3 N–H and O–H groups in total. The molecule has 0 aromatic carbocycles. The van der Waals surface area contributed by atoms with Crippen LogP contribution in [0.2, 0.25) is 0 Å². The van der Waals surface area contributed by atoms with Crippen LogP contribution in [0.15, 0.2) is 30.6 Å². The zero-order valence-corrected chi connectivity index (χ0v) is 19.2. The molecular weight excluding hydrogens is 441 g/mol. The van der Waals surface area contributed by atoms with E-state index in [0.29, 0.717) is 24.3 Å². The summed E-state index contributed by atoms with van der Waals surface area (Å²) in [5.74, 6) is -0.550. The number of hydrogen-bond acceptors (Lipinski definition) is 7. The number of rotatable bonds is 5. The van der Waals surface area contributed by atoms with E-state index in [-0.39, 0.29) is 40.2 Å². The Morgan fingerprint density at radius 3 is 2.74 bits per heavy atom. The van der Waals surface area contributed by atoms with Crippen LogP contribution in [0.4, 0.5) is 10.3 Å². The number of pyridine rings is 1. The van der Waals surface area contributed by atoms with Crippen LogP contribution in [0.1, 0.15) is 43.0 Å². The second-order valence-electron chi connectivity index (χ2n) is 8.84. The first-order chi connectivity index (χ1) is 16.3. The van der Waals surface area contributed by atoms with Gasteiger partial charge in [-0.15, -0.1) is 5.10 Å². The van der Waals surface area contributed by atoms with Gasteiger partial charge in [0.2, 0.25) is 11.8 Å². The minimum atomic E-state index is -0.657. The lowest BCUT2D eigenvalue weighted by Gasteiger charge is -2.33. The molecule has 0 atom stereocenters. The van der Waals surface area contributed by atoms with Crippen LogP contribution in [0.3, 0.4) is 0 Å². The predicted molar refractivity (Wildman–Crippen MR) is 124 cm³/mol. The minimum Gasteiger partial charge on any atom is -0.479 e. The number of amides is 1. The Kier molecular flexibility index (Phi) is 5.35. The molecule has 0 aliphatic heterocycles. The number of aromatic nitrogens is 5. The van der Waals surface area contributed by atoms with Gasteiger partial charge in [-0.3, -0.25) is 4.79 Å². The van der Waals surface area contributed by atoms with Gasteiger partial charge >= 0.3 is 0 Å². The fourth-order valence-electron chi connectivity index (χ4n) is 4.54. The van der Waals surface area contributed by atoms with Crippen molar-refractivity contribution in [2.75, 3.05) is 19.5 Å². The van der Waals surface area contributed by atoms with Crippen molar-refractivity contribution in [3.63, 3.8) is 0 Å². The third-order valence-electron chi connectivity index (χ3n) is 6.37. The van der Waals surface area contributed by atoms with Gasteiger partial charge in [0.25, 0.3) is 5.91 Å². The van der Waals surface area contributed by atoms with Gasteiger partial charge in [0, 0.05) is 19.3 Å². The van der Waals surface area contributed by atoms with Gasteiger partial charge in [-0.1, -0.05) is 6.07 Å². The van der Waals surface area contributed by atoms with E-state index < -0.39 is 11.4 Å². The molecule has 0 radical (unpaired) electrons. The van der Waals surface area contributed by atoms with E-state index in [1.165, 1.54) is 29.4 Å². The first kappa shape index (κ1) is 22.1. The zero-order valence-electron chi connectivity index (χ0n) is 19.2. The molecule has 1 aliphatic carbocycles. The SMILES string of the molecule is CNC(=O)c1c(-c2c(F)cn3nc(NC4CCC(C)(O)CC4)nc(OC)c23)nn2ccccc12. The first-order valence-corrected chi connectivity index (χ1v) is 11.1. The summed E-state index contributed by atoms with van der Waals surface area (Å²) in [5.41, 5.74) is 0.652. The highest BCUT2D eigenvalue weighted by atomic mass is 19.1. The molecule has 1 saturated carbocycles. The fourth-order valence-corrected chi connectivity index (χ4v) is 4.54. The van der Waals surface area contributed by atoms with Crippen LogP contribution in [0, 0.1) is 5.82 Å². The molecular formula is C23H26FN7O3. The highest BCUT2D eigenvalue weighted by Gasteiger charge is 2.31. The number of methoxy groups -OCH3 is 1. The standard InChI is InChI=1S/C23H26FN7O3/c1-23(33)9-7-13(8-10-23)26-22-27-21(34-3)19-16(14(24)12-31(19)29-22)18-17(20(32)25-2)15-6-4-5-11-30(15)28-18/h4-6,11-13,33H,7-10H2,1-3H3,(H,25,32)(H,26,29). The van der Waals surface area contributed by atoms with Crippen molar-refractivity contribution in [1.82, 2.24) is 29.5 Å². The van der Waals surface area contributed by atoms with E-state index in [1.807, 2.05) is 6.92 Å². The number of nitrogens with one attached hydrogen (secondary N) is 2. The lowest BCUT2D eigenvalue weighted by molar-refractivity contribution is 0.0195. The smallest absolute Gasteiger partial charge is 0.255 e. The number of aliphatic hydroxyl groups is 1. The molecule has 11 heteroatoms. The van der Waals surface area contributed by atoms with Gasteiger partial charge in [-0.05, 0) is 44.7 Å². The largest absolute Gasteiger partial charge is 0.479 e. The van der Waals surface area contributed by atoms with Gasteiger partial charge in [0.1, 0.15) is 11.2 Å². The summed E-state index contributed by atoms with van der Waals surface area (Å²) in [4.78, 5) is 17.2. The topological polar surface area (TPSA) is 118 Å². The number of nitrogens with zero attached hydrogens (tertiary/aromatic N) is 5. The summed E-state index contributed by atoms with van der Waals surface area (Å²) in [6.07, 6.45) is 5.78. The van der Waals surface area contributed by atoms with Crippen molar-refractivity contribution >= 4 is 22.9 Å². The average Bonchev–Trinajstić information content (AvgIpc) is 3.36. The monoisotopic (exact) mass is 467 g/mol. The van der Waals surface area contributed by atoms with Crippen molar-refractivity contribution in [3.05, 3.63) is 42.0 Å². The molecule has 0 unspecified atom stereocenters. The van der Waals surface area contributed by atoms with Crippen molar-refractivity contribution < 1.29 is 19.0 Å². The molecule has 1 fully saturated rings. The van der Waals surface area contributed by atoms with Gasteiger partial charge in [-0.2, -0.15) is 10.1 Å². The molecule has 4 heterocycles. The van der Waals surface area contributed by atoms with Crippen LogP contribution in [-0.4, -0.2) is 61.0 Å². The van der Waals surface area contributed by atoms with E-state index >= 15 is 4.39 Å². The summed E-state index contributed by atoms with van der Waals surface area (Å²) in [7, 11) is 2.96. The number of carbonyl (C=O) groups excluding carboxylic acids is 1. The molecule has 4 aromatic rings. The molecule has 178 valence electrons. The molecule has 0 saturated heterocycles. The molecule has 34 heavy (non-hydrogen) atoms. The second kappa shape index (κ2) is 8.24. The number of halogens is 1. The normalized spacial score (nSPS) is 20.6. The number of ether oxygens (including phenoxy) is 1. The van der Waals surface area contributed by atoms with Crippen molar-refractivity contribution in [1.29, 1.82) is 0 Å². The summed E-state index contributed by atoms with van der Waals surface area (Å²) in [6, 6.07) is 5.39. The van der Waals surface area contributed by atoms with Crippen molar-refractivity contribution in [3.8, 4) is 17.1 Å². The molecule has 4 aromatic heterocycles. The van der Waals surface area contributed by atoms with E-state index in [9.17, 15) is 9.90 Å². The van der Waals surface area contributed by atoms with Crippen LogP contribution in [-0.2, 0) is 0 Å². The third-order valence-corrected chi connectivity index (χ3v) is 6.37. The van der Waals surface area contributed by atoms with E-state index in [2.05, 4.69) is 25.8 Å². The van der Waals surface area contributed by atoms with Gasteiger partial charge < -0.3 is 20.5 Å². The third kappa shape index (κ3) is 3.71. The summed E-state index contributed by atoms with van der Waals surface area (Å²) < 4.78 is 23.8. The molecule has 5 rings (SSSR count). The van der Waals surface area contributed by atoms with E-state index in [1.54, 1.807) is 24.4 Å². The van der Waals surface area contributed by atoms with Crippen LogP contribution < -0.4 is 15.4 Å². The first-order valence-electron chi connectivity index (χ1n) is 11.1. The molecule has 0 bridgehead atoms. The lowest BCUT2D eigenvalue weighted by Crippen LogP contribution is -2.36. The Bertz CT molecular complexity index is 1380. The Morgan fingerprint density at radius 1 is 1.26 bits per heavy atom. The number of hydrogen-bond donors (Lipinski definition) is 3. The summed E-state index contributed by atoms with van der Waals surface area (Å²) in [6.45, 7) is 1.84. The van der Waals surface area contributed by atoms with Crippen molar-refractivity contribution in [2.24, 2.45) is 0 Å². The number of carbonyl (C=O) groups is 1. The highest BCUT2D eigenvalue weighted by molar-refractivity contribution is 6.08. The van der Waals surface area contributed by atoms with Gasteiger partial charge in [0.15, 0.2) is 5.82 Å². The summed E-state index contributed by atoms with van der Waals surface area (Å²) >= 11 is 0. The Morgan fingerprint density at radius 2 is 2.03 bits per heavy atom. The number of anilines is 1. The van der Waals surface area contributed by atoms with Crippen LogP contribution in [0.5, 0.6) is 5.88 Å². The maximum absolute atomic E-state index is 15.4. The van der Waals surface area contributed by atoms with Crippen molar-refractivity contribution in [2.45, 2.75) is 44.2 Å². The second-order valence-corrected chi connectivity index (χ2v) is 8.84. The van der Waals surface area contributed by atoms with Crippen LogP contribution >= 0.6 is 0 Å². The number of fused-ring (bicyclic) bond motifs is 2. The van der Waals surface area contributed by atoms with E-state index in [0.717, 1.165) is 12.8 Å². The predicted octanol–water partition coefficient (Wildman–Crippen LogP) is 2.66. The molecule has 1 amide bonds. The zero-order chi connectivity index (χ0) is 24.0. The molecule has 0 spiro atoms. The fraction of sp³-hybridized carbons (Fsp3) is 0.391. The maximum atomic E-state index is 15.4. The quantitative estimate of drug-likeness (QED) is 0.413. The Balaban J connectivity index is 1.62. The summed E-state index contributed by atoms with van der Waals surface area (Å²) in [5, 5.41) is 25.0. The Labute approximate surface area is 194 Å². The highest BCUT2D eigenvalue weighted by Crippen LogP contribution is 2.37. The molecule has 10 nitrogen and oxygen atoms in total.